The quantitative estimate of drug-likeness (QED) is 0.901. The van der Waals surface area contributed by atoms with Crippen LogP contribution in [-0.4, -0.2) is 33.6 Å². The summed E-state index contributed by atoms with van der Waals surface area (Å²) >= 11 is 12.4. The van der Waals surface area contributed by atoms with Crippen LogP contribution in [-0.2, 0) is 0 Å². The summed E-state index contributed by atoms with van der Waals surface area (Å²) in [5.41, 5.74) is 0.848. The van der Waals surface area contributed by atoms with Crippen LogP contribution in [0.1, 0.15) is 18.9 Å². The van der Waals surface area contributed by atoms with Gasteiger partial charge in [-0.3, -0.25) is 4.79 Å². The van der Waals surface area contributed by atoms with Crippen LogP contribution in [0.3, 0.4) is 0 Å². The van der Waals surface area contributed by atoms with Gasteiger partial charge in [-0.1, -0.05) is 29.3 Å². The van der Waals surface area contributed by atoms with E-state index in [-0.39, 0.29) is 5.02 Å². The molecule has 1 aromatic heterocycles. The van der Waals surface area contributed by atoms with Gasteiger partial charge in [0.15, 0.2) is 0 Å². The highest BCUT2D eigenvalue weighted by Gasteiger charge is 2.33. The average Bonchev–Trinajstić information content (AvgIpc) is 2.85. The van der Waals surface area contributed by atoms with Gasteiger partial charge in [-0.05, 0) is 38.0 Å². The first kappa shape index (κ1) is 16.3. The van der Waals surface area contributed by atoms with Crippen LogP contribution in [0.25, 0.3) is 5.69 Å². The van der Waals surface area contributed by atoms with Crippen LogP contribution in [0.15, 0.2) is 29.2 Å². The van der Waals surface area contributed by atoms with E-state index < -0.39 is 11.2 Å². The van der Waals surface area contributed by atoms with E-state index in [0.717, 1.165) is 5.56 Å². The Kier molecular flexibility index (Phi) is 4.12. The fraction of sp³-hybridized carbons (Fsp3) is 0.375. The second-order valence-corrected chi connectivity index (χ2v) is 6.95. The number of hydrogen-bond acceptors (Lipinski definition) is 4. The molecule has 1 fully saturated rings. The van der Waals surface area contributed by atoms with Gasteiger partial charge in [0.2, 0.25) is 0 Å². The molecule has 2 heterocycles. The molecule has 0 bridgehead atoms. The van der Waals surface area contributed by atoms with E-state index >= 15 is 0 Å². The topological polar surface area (TPSA) is 58.4 Å². The Bertz CT molecular complexity index is 817. The summed E-state index contributed by atoms with van der Waals surface area (Å²) < 4.78 is 1.23. The number of aliphatic hydroxyl groups is 1. The minimum absolute atomic E-state index is 0.0920. The maximum atomic E-state index is 12.5. The van der Waals surface area contributed by atoms with E-state index in [1.165, 1.54) is 4.68 Å². The zero-order valence-corrected chi connectivity index (χ0v) is 14.4. The highest BCUT2D eigenvalue weighted by Crippen LogP contribution is 2.29. The van der Waals surface area contributed by atoms with E-state index in [0.29, 0.717) is 35.9 Å². The normalized spacial score (nSPS) is 21.0. The van der Waals surface area contributed by atoms with Crippen molar-refractivity contribution in [2.24, 2.45) is 0 Å². The SMILES string of the molecule is Cc1ccc(-n2ncc(N3CCC(C)(O)C3)c(Cl)c2=O)cc1Cl. The maximum Gasteiger partial charge on any atom is 0.292 e. The number of aryl methyl sites for hydroxylation is 1. The molecule has 0 aliphatic carbocycles. The lowest BCUT2D eigenvalue weighted by molar-refractivity contribution is 0.0839. The molecular formula is C16H17Cl2N3O2. The van der Waals surface area contributed by atoms with Gasteiger partial charge in [0, 0.05) is 18.1 Å². The number of hydrogen-bond donors (Lipinski definition) is 1. The Hall–Kier alpha value is -1.56. The zero-order valence-electron chi connectivity index (χ0n) is 12.9. The standard InChI is InChI=1S/C16H17Cl2N3O2/c1-10-3-4-11(7-12(10)17)21-15(22)14(18)13(8-19-21)20-6-5-16(2,23)9-20/h3-4,7-8,23H,5-6,9H2,1-2H3. The van der Waals surface area contributed by atoms with Crippen molar-refractivity contribution in [3.8, 4) is 5.69 Å². The highest BCUT2D eigenvalue weighted by molar-refractivity contribution is 6.33. The van der Waals surface area contributed by atoms with Crippen molar-refractivity contribution in [2.75, 3.05) is 18.0 Å². The minimum Gasteiger partial charge on any atom is -0.388 e. The number of β-amino-alcohol motifs (C(OH)–C–C–N with tert-alkyl or cyclic N) is 1. The largest absolute Gasteiger partial charge is 0.388 e. The van der Waals surface area contributed by atoms with Gasteiger partial charge in [-0.2, -0.15) is 9.78 Å². The third-order valence-corrected chi connectivity index (χ3v) is 4.86. The molecule has 122 valence electrons. The van der Waals surface area contributed by atoms with E-state index in [9.17, 15) is 9.90 Å². The first-order valence-electron chi connectivity index (χ1n) is 7.30. The number of benzene rings is 1. The fourth-order valence-corrected chi connectivity index (χ4v) is 3.12. The zero-order chi connectivity index (χ0) is 16.8. The molecule has 23 heavy (non-hydrogen) atoms. The van der Waals surface area contributed by atoms with Crippen LogP contribution < -0.4 is 10.5 Å². The summed E-state index contributed by atoms with van der Waals surface area (Å²) in [6.45, 7) is 4.71. The molecule has 2 aromatic rings. The molecule has 1 aliphatic heterocycles. The van der Waals surface area contributed by atoms with Crippen molar-refractivity contribution in [1.29, 1.82) is 0 Å². The Morgan fingerprint density at radius 2 is 2.09 bits per heavy atom. The summed E-state index contributed by atoms with van der Waals surface area (Å²) in [7, 11) is 0. The molecule has 5 nitrogen and oxygen atoms in total. The molecular weight excluding hydrogens is 337 g/mol. The first-order chi connectivity index (χ1) is 10.8. The number of anilines is 1. The smallest absolute Gasteiger partial charge is 0.292 e. The van der Waals surface area contributed by atoms with Crippen LogP contribution in [0, 0.1) is 6.92 Å². The van der Waals surface area contributed by atoms with Crippen molar-refractivity contribution in [1.82, 2.24) is 9.78 Å². The summed E-state index contributed by atoms with van der Waals surface area (Å²) in [6, 6.07) is 5.28. The van der Waals surface area contributed by atoms with Crippen molar-refractivity contribution in [3.05, 3.63) is 50.4 Å². The molecule has 1 saturated heterocycles. The second-order valence-electron chi connectivity index (χ2n) is 6.16. The van der Waals surface area contributed by atoms with E-state index in [4.69, 9.17) is 23.2 Å². The molecule has 0 spiro atoms. The maximum absolute atomic E-state index is 12.5. The Labute approximate surface area is 144 Å². The molecule has 1 atom stereocenters. The van der Waals surface area contributed by atoms with Gasteiger partial charge in [-0.15, -0.1) is 0 Å². The number of aromatic nitrogens is 2. The predicted molar refractivity (Wildman–Crippen MR) is 92.0 cm³/mol. The van der Waals surface area contributed by atoms with E-state index in [1.54, 1.807) is 25.3 Å². The molecule has 0 saturated carbocycles. The van der Waals surface area contributed by atoms with E-state index in [1.807, 2.05) is 17.9 Å². The summed E-state index contributed by atoms with van der Waals surface area (Å²) in [4.78, 5) is 14.4. The third-order valence-electron chi connectivity index (χ3n) is 4.09. The van der Waals surface area contributed by atoms with E-state index in [2.05, 4.69) is 5.10 Å². The first-order valence-corrected chi connectivity index (χ1v) is 8.06. The Morgan fingerprint density at radius 3 is 2.70 bits per heavy atom. The molecule has 1 N–H and O–H groups in total. The molecule has 1 unspecified atom stereocenters. The minimum atomic E-state index is -0.775. The van der Waals surface area contributed by atoms with Crippen LogP contribution in [0.4, 0.5) is 5.69 Å². The lowest BCUT2D eigenvalue weighted by atomic mass is 10.1. The fourth-order valence-electron chi connectivity index (χ4n) is 2.69. The highest BCUT2D eigenvalue weighted by atomic mass is 35.5. The van der Waals surface area contributed by atoms with Crippen molar-refractivity contribution >= 4 is 28.9 Å². The molecule has 1 aliphatic rings. The average molecular weight is 354 g/mol. The number of rotatable bonds is 2. The van der Waals surface area contributed by atoms with Crippen LogP contribution >= 0.6 is 23.2 Å². The molecule has 3 rings (SSSR count). The lowest BCUT2D eigenvalue weighted by Gasteiger charge is -2.21. The molecule has 7 heteroatoms. The van der Waals surface area contributed by atoms with Gasteiger partial charge in [-0.25, -0.2) is 0 Å². The van der Waals surface area contributed by atoms with Crippen molar-refractivity contribution in [3.63, 3.8) is 0 Å². The third kappa shape index (κ3) is 3.09. The predicted octanol–water partition coefficient (Wildman–Crippen LogP) is 2.81. The van der Waals surface area contributed by atoms with Gasteiger partial charge >= 0.3 is 0 Å². The summed E-state index contributed by atoms with van der Waals surface area (Å²) in [6.07, 6.45) is 2.18. The van der Waals surface area contributed by atoms with Crippen LogP contribution in [0.2, 0.25) is 10.0 Å². The van der Waals surface area contributed by atoms with Crippen molar-refractivity contribution in [2.45, 2.75) is 25.9 Å². The van der Waals surface area contributed by atoms with Gasteiger partial charge in [0.25, 0.3) is 5.56 Å². The summed E-state index contributed by atoms with van der Waals surface area (Å²) in [5.74, 6) is 0. The summed E-state index contributed by atoms with van der Waals surface area (Å²) in [5, 5.41) is 14.9. The number of nitrogens with zero attached hydrogens (tertiary/aromatic N) is 3. The molecule has 0 radical (unpaired) electrons. The number of halogens is 2. The van der Waals surface area contributed by atoms with Crippen LogP contribution in [0.5, 0.6) is 0 Å². The Balaban J connectivity index is 2.01. The van der Waals surface area contributed by atoms with Gasteiger partial charge < -0.3 is 10.0 Å². The lowest BCUT2D eigenvalue weighted by Crippen LogP contribution is -2.31. The van der Waals surface area contributed by atoms with Gasteiger partial charge in [0.05, 0.1) is 23.2 Å². The second kappa shape index (κ2) is 5.82. The van der Waals surface area contributed by atoms with Crippen molar-refractivity contribution < 1.29 is 5.11 Å². The Morgan fingerprint density at radius 1 is 1.35 bits per heavy atom. The molecule has 0 amide bonds. The monoisotopic (exact) mass is 353 g/mol. The molecule has 1 aromatic carbocycles. The van der Waals surface area contributed by atoms with Gasteiger partial charge in [0.1, 0.15) is 5.02 Å².